The zero-order chi connectivity index (χ0) is 16.9. The number of hydrogen-bond acceptors (Lipinski definition) is 4. The number of β-amino-alcohol motifs (C(OH)–C–C–N with tert-alkyl or cyclic N) is 1. The molecular formula is C20H32N2O2. The minimum Gasteiger partial charge on any atom is -0.497 e. The van der Waals surface area contributed by atoms with Gasteiger partial charge in [-0.3, -0.25) is 0 Å². The number of piperidine rings is 1. The van der Waals surface area contributed by atoms with Crippen LogP contribution in [0.15, 0.2) is 24.3 Å². The Hall–Kier alpha value is -1.10. The molecule has 1 aromatic carbocycles. The molecule has 2 aliphatic heterocycles. The molecule has 0 spiro atoms. The summed E-state index contributed by atoms with van der Waals surface area (Å²) in [5.41, 5.74) is 1.39. The van der Waals surface area contributed by atoms with Crippen LogP contribution in [0.25, 0.3) is 0 Å². The molecule has 0 saturated carbocycles. The van der Waals surface area contributed by atoms with Gasteiger partial charge in [0, 0.05) is 19.6 Å². The normalized spacial score (nSPS) is 25.0. The number of likely N-dealkylation sites (tertiary alicyclic amines) is 2. The lowest BCUT2D eigenvalue weighted by atomic mass is 9.98. The molecule has 4 nitrogen and oxygen atoms in total. The first kappa shape index (κ1) is 17.7. The van der Waals surface area contributed by atoms with Gasteiger partial charge in [-0.25, -0.2) is 0 Å². The molecule has 1 N–H and O–H groups in total. The smallest absolute Gasteiger partial charge is 0.118 e. The van der Waals surface area contributed by atoms with Crippen molar-refractivity contribution in [3.8, 4) is 5.75 Å². The maximum absolute atomic E-state index is 10.5. The van der Waals surface area contributed by atoms with E-state index in [2.05, 4.69) is 28.9 Å². The SMILES string of the molecule is COc1ccc(C2CCN(CC(O)CN3CCC(C)CC3)C2)cc1. The third kappa shape index (κ3) is 4.71. The molecule has 0 aromatic heterocycles. The lowest BCUT2D eigenvalue weighted by molar-refractivity contribution is 0.0671. The number of ether oxygens (including phenoxy) is 1. The standard InChI is InChI=1S/C20H32N2O2/c1-16-7-10-21(11-8-16)14-19(23)15-22-12-9-18(13-22)17-3-5-20(24-2)6-4-17/h3-6,16,18-19,23H,7-15H2,1-2H3. The van der Waals surface area contributed by atoms with Gasteiger partial charge in [0.1, 0.15) is 5.75 Å². The van der Waals surface area contributed by atoms with Crippen molar-refractivity contribution in [2.45, 2.75) is 38.2 Å². The van der Waals surface area contributed by atoms with Crippen LogP contribution in [0.4, 0.5) is 0 Å². The Morgan fingerprint density at radius 1 is 1.04 bits per heavy atom. The number of aliphatic hydroxyl groups excluding tert-OH is 1. The second-order valence-electron chi connectivity index (χ2n) is 7.66. The van der Waals surface area contributed by atoms with Crippen molar-refractivity contribution in [3.05, 3.63) is 29.8 Å². The first-order valence-corrected chi connectivity index (χ1v) is 9.40. The first-order valence-electron chi connectivity index (χ1n) is 9.40. The molecule has 2 unspecified atom stereocenters. The van der Waals surface area contributed by atoms with E-state index >= 15 is 0 Å². The van der Waals surface area contributed by atoms with Gasteiger partial charge in [0.25, 0.3) is 0 Å². The molecule has 0 amide bonds. The summed E-state index contributed by atoms with van der Waals surface area (Å²) in [6.07, 6.45) is 3.50. The van der Waals surface area contributed by atoms with Crippen molar-refractivity contribution in [2.24, 2.45) is 5.92 Å². The van der Waals surface area contributed by atoms with Crippen LogP contribution in [0, 0.1) is 5.92 Å². The van der Waals surface area contributed by atoms with Gasteiger partial charge in [-0.2, -0.15) is 0 Å². The summed E-state index contributed by atoms with van der Waals surface area (Å²) in [4.78, 5) is 4.85. The van der Waals surface area contributed by atoms with E-state index in [1.807, 2.05) is 12.1 Å². The number of hydrogen-bond donors (Lipinski definition) is 1. The Morgan fingerprint density at radius 2 is 1.67 bits per heavy atom. The van der Waals surface area contributed by atoms with Crippen LogP contribution in [-0.2, 0) is 0 Å². The average Bonchev–Trinajstić information content (AvgIpc) is 3.05. The summed E-state index contributed by atoms with van der Waals surface area (Å²) in [5, 5.41) is 10.5. The van der Waals surface area contributed by atoms with E-state index in [1.54, 1.807) is 7.11 Å². The highest BCUT2D eigenvalue weighted by atomic mass is 16.5. The van der Waals surface area contributed by atoms with Gasteiger partial charge in [0.2, 0.25) is 0 Å². The van der Waals surface area contributed by atoms with Gasteiger partial charge < -0.3 is 19.6 Å². The van der Waals surface area contributed by atoms with Crippen LogP contribution in [0.2, 0.25) is 0 Å². The molecule has 0 bridgehead atoms. The topological polar surface area (TPSA) is 35.9 Å². The minimum atomic E-state index is -0.229. The van der Waals surface area contributed by atoms with Gasteiger partial charge in [-0.05, 0) is 68.4 Å². The largest absolute Gasteiger partial charge is 0.497 e. The Bertz CT molecular complexity index is 497. The fraction of sp³-hybridized carbons (Fsp3) is 0.700. The quantitative estimate of drug-likeness (QED) is 0.869. The van der Waals surface area contributed by atoms with Crippen molar-refractivity contribution in [1.29, 1.82) is 0 Å². The van der Waals surface area contributed by atoms with Crippen LogP contribution in [0.5, 0.6) is 5.75 Å². The maximum Gasteiger partial charge on any atom is 0.118 e. The van der Waals surface area contributed by atoms with Crippen LogP contribution in [-0.4, -0.2) is 67.4 Å². The molecular weight excluding hydrogens is 300 g/mol. The molecule has 4 heteroatoms. The van der Waals surface area contributed by atoms with E-state index < -0.39 is 0 Å². The zero-order valence-corrected chi connectivity index (χ0v) is 15.2. The maximum atomic E-state index is 10.5. The molecule has 2 aliphatic rings. The van der Waals surface area contributed by atoms with Crippen LogP contribution < -0.4 is 4.74 Å². The molecule has 24 heavy (non-hydrogen) atoms. The summed E-state index contributed by atoms with van der Waals surface area (Å²) < 4.78 is 5.24. The molecule has 2 atom stereocenters. The molecule has 0 aliphatic carbocycles. The number of rotatable bonds is 6. The van der Waals surface area contributed by atoms with E-state index in [0.29, 0.717) is 5.92 Å². The summed E-state index contributed by atoms with van der Waals surface area (Å²) >= 11 is 0. The number of methoxy groups -OCH3 is 1. The number of nitrogens with zero attached hydrogens (tertiary/aromatic N) is 2. The first-order chi connectivity index (χ1) is 11.6. The fourth-order valence-corrected chi connectivity index (χ4v) is 4.05. The van der Waals surface area contributed by atoms with Crippen LogP contribution in [0.1, 0.15) is 37.7 Å². The Morgan fingerprint density at radius 3 is 2.33 bits per heavy atom. The van der Waals surface area contributed by atoms with Gasteiger partial charge >= 0.3 is 0 Å². The van der Waals surface area contributed by atoms with E-state index in [1.165, 1.54) is 24.8 Å². The molecule has 1 aromatic rings. The zero-order valence-electron chi connectivity index (χ0n) is 15.2. The average molecular weight is 332 g/mol. The molecule has 2 fully saturated rings. The molecule has 2 saturated heterocycles. The lowest BCUT2D eigenvalue weighted by Gasteiger charge is -2.32. The van der Waals surface area contributed by atoms with Crippen molar-refractivity contribution in [3.63, 3.8) is 0 Å². The molecule has 0 radical (unpaired) electrons. The highest BCUT2D eigenvalue weighted by molar-refractivity contribution is 5.30. The van der Waals surface area contributed by atoms with E-state index in [4.69, 9.17) is 4.74 Å². The predicted molar refractivity (Wildman–Crippen MR) is 97.6 cm³/mol. The minimum absolute atomic E-state index is 0.229. The van der Waals surface area contributed by atoms with E-state index in [0.717, 1.165) is 50.9 Å². The summed E-state index contributed by atoms with van der Waals surface area (Å²) in [6, 6.07) is 8.45. The highest BCUT2D eigenvalue weighted by Crippen LogP contribution is 2.28. The van der Waals surface area contributed by atoms with Gasteiger partial charge in [0.15, 0.2) is 0 Å². The Kier molecular flexibility index (Phi) is 6.14. The van der Waals surface area contributed by atoms with Crippen LogP contribution in [0.3, 0.4) is 0 Å². The van der Waals surface area contributed by atoms with Gasteiger partial charge in [-0.1, -0.05) is 19.1 Å². The second kappa shape index (κ2) is 8.32. The predicted octanol–water partition coefficient (Wildman–Crippen LogP) is 2.58. The van der Waals surface area contributed by atoms with Crippen LogP contribution >= 0.6 is 0 Å². The Balaban J connectivity index is 1.43. The molecule has 2 heterocycles. The third-order valence-corrected chi connectivity index (χ3v) is 5.67. The highest BCUT2D eigenvalue weighted by Gasteiger charge is 2.26. The van der Waals surface area contributed by atoms with Gasteiger partial charge in [0.05, 0.1) is 13.2 Å². The van der Waals surface area contributed by atoms with Crippen molar-refractivity contribution < 1.29 is 9.84 Å². The third-order valence-electron chi connectivity index (χ3n) is 5.67. The monoisotopic (exact) mass is 332 g/mol. The fourth-order valence-electron chi connectivity index (χ4n) is 4.05. The van der Waals surface area contributed by atoms with E-state index in [-0.39, 0.29) is 6.10 Å². The van der Waals surface area contributed by atoms with Crippen molar-refractivity contribution in [2.75, 3.05) is 46.4 Å². The molecule has 3 rings (SSSR count). The number of benzene rings is 1. The van der Waals surface area contributed by atoms with E-state index in [9.17, 15) is 5.11 Å². The lowest BCUT2D eigenvalue weighted by Crippen LogP contribution is -2.42. The molecule has 134 valence electrons. The second-order valence-corrected chi connectivity index (χ2v) is 7.66. The van der Waals surface area contributed by atoms with Gasteiger partial charge in [-0.15, -0.1) is 0 Å². The van der Waals surface area contributed by atoms with Crippen molar-refractivity contribution >= 4 is 0 Å². The summed E-state index contributed by atoms with van der Waals surface area (Å²) in [6.45, 7) is 8.40. The summed E-state index contributed by atoms with van der Waals surface area (Å²) in [7, 11) is 1.71. The number of aliphatic hydroxyl groups is 1. The summed E-state index contributed by atoms with van der Waals surface area (Å²) in [5.74, 6) is 2.35. The Labute approximate surface area is 146 Å². The van der Waals surface area contributed by atoms with Crippen molar-refractivity contribution in [1.82, 2.24) is 9.80 Å².